The lowest BCUT2D eigenvalue weighted by Crippen LogP contribution is -2.33. The number of hydrogen-bond donors (Lipinski definition) is 2. The van der Waals surface area contributed by atoms with Crippen LogP contribution in [-0.2, 0) is 10.3 Å². The van der Waals surface area contributed by atoms with E-state index in [2.05, 4.69) is 13.8 Å². The molecule has 0 saturated heterocycles. The Morgan fingerprint density at radius 3 is 1.47 bits per heavy atom. The Kier molecular flexibility index (Phi) is 20.1. The molecule has 0 amide bonds. The average Bonchev–Trinajstić information content (AvgIpc) is 3.52. The van der Waals surface area contributed by atoms with Crippen LogP contribution in [0.4, 0.5) is 0 Å². The van der Waals surface area contributed by atoms with Gasteiger partial charge in [0.05, 0.1) is 24.3 Å². The third-order valence-corrected chi connectivity index (χ3v) is 12.4. The lowest BCUT2D eigenvalue weighted by molar-refractivity contribution is 0.0212. The summed E-state index contributed by atoms with van der Waals surface area (Å²) in [4.78, 5) is 13.6. The molecule has 0 aliphatic carbocycles. The van der Waals surface area contributed by atoms with Crippen molar-refractivity contribution in [2.75, 3.05) is 13.2 Å². The van der Waals surface area contributed by atoms with Gasteiger partial charge in [0.2, 0.25) is 5.75 Å². The molecular weight excluding hydrogens is 737 g/mol. The molecule has 0 fully saturated rings. The molecule has 2 aliphatic rings. The number of unbranched alkanes of at least 4 members (excludes halogenated alkanes) is 26. The van der Waals surface area contributed by atoms with Crippen LogP contribution in [0.5, 0.6) is 34.5 Å². The SMILES string of the molecule is CCCCCCCCCCCCCCCCOc1c(O)cc2c(c1OCCCCCCCCCCCCCCCC)C1(OC(=O)c3ccccc31)c1ccc(O)cc1O2. The maximum Gasteiger partial charge on any atom is 0.340 e. The van der Waals surface area contributed by atoms with Crippen LogP contribution >= 0.6 is 0 Å². The average molecular weight is 813 g/mol. The van der Waals surface area contributed by atoms with Crippen LogP contribution in [0.3, 0.4) is 0 Å². The Balaban J connectivity index is 1.20. The van der Waals surface area contributed by atoms with Gasteiger partial charge in [0.1, 0.15) is 17.2 Å². The van der Waals surface area contributed by atoms with E-state index in [9.17, 15) is 15.0 Å². The zero-order chi connectivity index (χ0) is 41.5. The number of benzene rings is 3. The molecule has 59 heavy (non-hydrogen) atoms. The van der Waals surface area contributed by atoms with Crippen LogP contribution in [0.15, 0.2) is 48.5 Å². The number of carbonyl (C=O) groups excluding carboxylic acids is 1. The summed E-state index contributed by atoms with van der Waals surface area (Å²) in [6.07, 6.45) is 35.5. The van der Waals surface area contributed by atoms with E-state index in [1.165, 1.54) is 153 Å². The number of rotatable bonds is 32. The summed E-state index contributed by atoms with van der Waals surface area (Å²) >= 11 is 0. The highest BCUT2D eigenvalue weighted by Crippen LogP contribution is 2.62. The fraction of sp³-hybridized carbons (Fsp3) is 0.635. The van der Waals surface area contributed by atoms with Crippen molar-refractivity contribution < 1.29 is 34.0 Å². The molecule has 1 unspecified atom stereocenters. The molecule has 0 radical (unpaired) electrons. The minimum atomic E-state index is -1.42. The minimum absolute atomic E-state index is 0.0200. The summed E-state index contributed by atoms with van der Waals surface area (Å²) in [5, 5.41) is 22.0. The minimum Gasteiger partial charge on any atom is -0.508 e. The van der Waals surface area contributed by atoms with Crippen molar-refractivity contribution in [3.63, 3.8) is 0 Å². The van der Waals surface area contributed by atoms with E-state index in [1.807, 2.05) is 18.2 Å². The first-order chi connectivity index (χ1) is 29.0. The molecule has 2 aliphatic heterocycles. The van der Waals surface area contributed by atoms with Crippen LogP contribution in [0.2, 0.25) is 0 Å². The van der Waals surface area contributed by atoms with E-state index in [1.54, 1.807) is 18.2 Å². The Hall–Kier alpha value is -3.87. The molecule has 3 aromatic rings. The summed E-state index contributed by atoms with van der Waals surface area (Å²) in [6.45, 7) is 5.38. The lowest BCUT2D eigenvalue weighted by Gasteiger charge is -2.38. The second-order valence-corrected chi connectivity index (χ2v) is 17.2. The summed E-state index contributed by atoms with van der Waals surface area (Å²) in [5.74, 6) is 0.689. The zero-order valence-electron chi connectivity index (χ0n) is 36.8. The number of fused-ring (bicyclic) bond motifs is 6. The van der Waals surface area contributed by atoms with E-state index in [0.29, 0.717) is 52.7 Å². The van der Waals surface area contributed by atoms with Crippen LogP contribution in [-0.4, -0.2) is 29.4 Å². The van der Waals surface area contributed by atoms with E-state index >= 15 is 0 Å². The first kappa shape index (κ1) is 46.2. The van der Waals surface area contributed by atoms with Crippen LogP contribution < -0.4 is 14.2 Å². The fourth-order valence-electron chi connectivity index (χ4n) is 8.98. The molecule has 0 aromatic heterocycles. The molecule has 2 heterocycles. The van der Waals surface area contributed by atoms with Gasteiger partial charge in [0.15, 0.2) is 17.1 Å². The first-order valence-electron chi connectivity index (χ1n) is 24.0. The van der Waals surface area contributed by atoms with Gasteiger partial charge in [-0.2, -0.15) is 0 Å². The Bertz CT molecular complexity index is 1680. The van der Waals surface area contributed by atoms with E-state index in [-0.39, 0.29) is 17.2 Å². The Morgan fingerprint density at radius 1 is 0.508 bits per heavy atom. The molecule has 1 spiro atoms. The Labute approximate surface area is 356 Å². The summed E-state index contributed by atoms with van der Waals surface area (Å²) in [5.41, 5.74) is 0.761. The molecule has 1 atom stereocenters. The van der Waals surface area contributed by atoms with Crippen molar-refractivity contribution in [1.29, 1.82) is 0 Å². The van der Waals surface area contributed by atoms with Crippen LogP contribution in [0.1, 0.15) is 221 Å². The van der Waals surface area contributed by atoms with E-state index in [4.69, 9.17) is 18.9 Å². The molecular formula is C52H76O7. The smallest absolute Gasteiger partial charge is 0.340 e. The highest BCUT2D eigenvalue weighted by atomic mass is 16.6. The number of hydrogen-bond acceptors (Lipinski definition) is 7. The van der Waals surface area contributed by atoms with Crippen molar-refractivity contribution >= 4 is 5.97 Å². The summed E-state index contributed by atoms with van der Waals surface area (Å²) in [6, 6.07) is 13.7. The van der Waals surface area contributed by atoms with Crippen molar-refractivity contribution in [2.24, 2.45) is 0 Å². The van der Waals surface area contributed by atoms with Gasteiger partial charge in [-0.3, -0.25) is 0 Å². The van der Waals surface area contributed by atoms with Gasteiger partial charge in [0.25, 0.3) is 0 Å². The van der Waals surface area contributed by atoms with Gasteiger partial charge in [0, 0.05) is 23.3 Å². The van der Waals surface area contributed by atoms with Crippen molar-refractivity contribution in [1.82, 2.24) is 0 Å². The van der Waals surface area contributed by atoms with Gasteiger partial charge in [-0.05, 0) is 31.0 Å². The Morgan fingerprint density at radius 2 is 0.966 bits per heavy atom. The first-order valence-corrected chi connectivity index (χ1v) is 24.0. The lowest BCUT2D eigenvalue weighted by atomic mass is 9.77. The van der Waals surface area contributed by atoms with Gasteiger partial charge >= 0.3 is 5.97 Å². The molecule has 326 valence electrons. The van der Waals surface area contributed by atoms with Gasteiger partial charge in [-0.25, -0.2) is 4.79 Å². The number of aromatic hydroxyl groups is 2. The van der Waals surface area contributed by atoms with E-state index < -0.39 is 11.6 Å². The maximum atomic E-state index is 13.6. The third-order valence-electron chi connectivity index (χ3n) is 12.4. The van der Waals surface area contributed by atoms with Crippen LogP contribution in [0, 0.1) is 0 Å². The molecule has 0 bridgehead atoms. The van der Waals surface area contributed by atoms with E-state index in [0.717, 1.165) is 38.5 Å². The second kappa shape index (κ2) is 25.7. The quantitative estimate of drug-likeness (QED) is 0.0479. The van der Waals surface area contributed by atoms with Gasteiger partial charge < -0.3 is 29.2 Å². The fourth-order valence-corrected chi connectivity index (χ4v) is 8.98. The van der Waals surface area contributed by atoms with Crippen molar-refractivity contribution in [3.8, 4) is 34.5 Å². The second-order valence-electron chi connectivity index (χ2n) is 17.2. The highest BCUT2D eigenvalue weighted by molar-refractivity contribution is 5.97. The molecule has 7 heteroatoms. The predicted octanol–water partition coefficient (Wildman–Crippen LogP) is 15.4. The normalized spacial score (nSPS) is 15.1. The summed E-state index contributed by atoms with van der Waals surface area (Å²) < 4.78 is 25.9. The molecule has 3 aromatic carbocycles. The number of esters is 1. The third kappa shape index (κ3) is 13.3. The predicted molar refractivity (Wildman–Crippen MR) is 240 cm³/mol. The van der Waals surface area contributed by atoms with Gasteiger partial charge in [-0.15, -0.1) is 0 Å². The van der Waals surface area contributed by atoms with Crippen molar-refractivity contribution in [2.45, 2.75) is 199 Å². The monoisotopic (exact) mass is 813 g/mol. The maximum absolute atomic E-state index is 13.6. The highest BCUT2D eigenvalue weighted by Gasteiger charge is 2.56. The largest absolute Gasteiger partial charge is 0.508 e. The number of carbonyl (C=O) groups is 1. The number of phenols is 2. The summed E-state index contributed by atoms with van der Waals surface area (Å²) in [7, 11) is 0. The molecule has 0 saturated carbocycles. The topological polar surface area (TPSA) is 94.5 Å². The standard InChI is InChI=1S/C52H76O7/c1-3-5-7-9-11-13-15-17-19-21-23-25-27-31-37-56-49-45(54)40-47-48(50(49)57-38-32-28-26-24-22-20-18-16-14-12-10-8-6-4-2)52(44-36-35-41(53)39-46(44)58-47)43-34-30-29-33-42(43)51(55)59-52/h29-30,33-36,39-40,53-54H,3-28,31-32,37-38H2,1-2H3. The van der Waals surface area contributed by atoms with Crippen molar-refractivity contribution in [3.05, 3.63) is 70.8 Å². The molecule has 5 rings (SSSR count). The van der Waals surface area contributed by atoms with Crippen LogP contribution in [0.25, 0.3) is 0 Å². The molecule has 7 nitrogen and oxygen atoms in total. The number of ether oxygens (including phenoxy) is 4. The number of phenolic OH excluding ortho intramolecular Hbond substituents is 2. The van der Waals surface area contributed by atoms with Gasteiger partial charge in [-0.1, -0.05) is 199 Å². The zero-order valence-corrected chi connectivity index (χ0v) is 36.8. The molecule has 2 N–H and O–H groups in total.